The Bertz CT molecular complexity index is 1100. The average Bonchev–Trinajstić information content (AvgIpc) is 2.78. The summed E-state index contributed by atoms with van der Waals surface area (Å²) in [4.78, 5) is 32.1. The lowest BCUT2D eigenvalue weighted by Gasteiger charge is -2.32. The summed E-state index contributed by atoms with van der Waals surface area (Å²) < 4.78 is 5.44. The van der Waals surface area contributed by atoms with Gasteiger partial charge < -0.3 is 15.0 Å². The molecule has 154 valence electrons. The van der Waals surface area contributed by atoms with Crippen molar-refractivity contribution in [2.45, 2.75) is 19.8 Å². The summed E-state index contributed by atoms with van der Waals surface area (Å²) in [6.07, 6.45) is 3.22. The van der Waals surface area contributed by atoms with Crippen LogP contribution in [0.5, 0.6) is 5.75 Å². The van der Waals surface area contributed by atoms with E-state index in [0.717, 1.165) is 34.9 Å². The van der Waals surface area contributed by atoms with E-state index in [9.17, 15) is 9.59 Å². The molecule has 2 aromatic carbocycles. The number of amides is 2. The van der Waals surface area contributed by atoms with E-state index in [1.54, 1.807) is 18.2 Å². The number of rotatable bonds is 4. The van der Waals surface area contributed by atoms with Crippen molar-refractivity contribution in [1.29, 1.82) is 0 Å². The highest BCUT2D eigenvalue weighted by atomic mass is 16.5. The van der Waals surface area contributed by atoms with E-state index in [2.05, 4.69) is 10.3 Å². The Labute approximate surface area is 175 Å². The predicted molar refractivity (Wildman–Crippen MR) is 117 cm³/mol. The van der Waals surface area contributed by atoms with Crippen LogP contribution >= 0.6 is 0 Å². The maximum absolute atomic E-state index is 13.3. The van der Waals surface area contributed by atoms with Crippen LogP contribution in [0.1, 0.15) is 28.8 Å². The van der Waals surface area contributed by atoms with Gasteiger partial charge in [-0.05, 0) is 55.0 Å². The minimum atomic E-state index is -0.255. The van der Waals surface area contributed by atoms with Crippen LogP contribution in [0.2, 0.25) is 0 Å². The number of piperidine rings is 1. The van der Waals surface area contributed by atoms with Crippen molar-refractivity contribution in [3.05, 3.63) is 65.9 Å². The standard InChI is InChI=1S/C24H25N3O3/c1-16-11-12-25-22(14-16)26-23(28)17-6-5-13-27(15-17)24(29)20-9-10-21(30-2)19-8-4-3-7-18(19)20/h3-4,7-12,14,17H,5-6,13,15H2,1-2H3,(H,25,26,28). The first-order chi connectivity index (χ1) is 14.6. The number of benzene rings is 2. The van der Waals surface area contributed by atoms with E-state index in [-0.39, 0.29) is 17.7 Å². The summed E-state index contributed by atoms with van der Waals surface area (Å²) in [5.74, 6) is 0.882. The molecule has 1 atom stereocenters. The number of carbonyl (C=O) groups excluding carboxylic acids is 2. The highest BCUT2D eigenvalue weighted by molar-refractivity contribution is 6.08. The Morgan fingerprint density at radius 3 is 2.70 bits per heavy atom. The molecular formula is C24H25N3O3. The van der Waals surface area contributed by atoms with Gasteiger partial charge in [0.25, 0.3) is 5.91 Å². The number of aromatic nitrogens is 1. The molecule has 1 fully saturated rings. The molecular weight excluding hydrogens is 378 g/mol. The van der Waals surface area contributed by atoms with Crippen LogP contribution in [-0.4, -0.2) is 41.9 Å². The zero-order valence-corrected chi connectivity index (χ0v) is 17.2. The minimum Gasteiger partial charge on any atom is -0.496 e. The second-order valence-corrected chi connectivity index (χ2v) is 7.66. The van der Waals surface area contributed by atoms with Gasteiger partial charge in [0, 0.05) is 30.2 Å². The fourth-order valence-electron chi connectivity index (χ4n) is 4.01. The third kappa shape index (κ3) is 3.99. The number of carbonyl (C=O) groups is 2. The molecule has 2 amide bonds. The summed E-state index contributed by atoms with van der Waals surface area (Å²) in [5.41, 5.74) is 1.67. The number of anilines is 1. The van der Waals surface area contributed by atoms with Crippen molar-refractivity contribution in [1.82, 2.24) is 9.88 Å². The summed E-state index contributed by atoms with van der Waals surface area (Å²) >= 11 is 0. The Morgan fingerprint density at radius 1 is 1.13 bits per heavy atom. The Balaban J connectivity index is 1.53. The van der Waals surface area contributed by atoms with E-state index >= 15 is 0 Å². The monoisotopic (exact) mass is 403 g/mol. The molecule has 3 aromatic rings. The van der Waals surface area contributed by atoms with Gasteiger partial charge in [0.2, 0.25) is 5.91 Å². The van der Waals surface area contributed by atoms with Crippen LogP contribution in [0.15, 0.2) is 54.7 Å². The van der Waals surface area contributed by atoms with Gasteiger partial charge in [0.05, 0.1) is 13.0 Å². The van der Waals surface area contributed by atoms with Gasteiger partial charge in [-0.25, -0.2) is 4.98 Å². The largest absolute Gasteiger partial charge is 0.496 e. The van der Waals surface area contributed by atoms with Gasteiger partial charge in [0.15, 0.2) is 0 Å². The first-order valence-corrected chi connectivity index (χ1v) is 10.2. The molecule has 30 heavy (non-hydrogen) atoms. The number of pyridine rings is 1. The normalized spacial score (nSPS) is 16.3. The molecule has 2 heterocycles. The number of methoxy groups -OCH3 is 1. The zero-order chi connectivity index (χ0) is 21.1. The van der Waals surface area contributed by atoms with Crippen molar-refractivity contribution < 1.29 is 14.3 Å². The molecule has 0 radical (unpaired) electrons. The number of nitrogens with one attached hydrogen (secondary N) is 1. The first kappa shape index (κ1) is 19.9. The lowest BCUT2D eigenvalue weighted by Crippen LogP contribution is -2.43. The van der Waals surface area contributed by atoms with Crippen LogP contribution in [0, 0.1) is 12.8 Å². The fourth-order valence-corrected chi connectivity index (χ4v) is 4.01. The van der Waals surface area contributed by atoms with Crippen LogP contribution in [0.25, 0.3) is 10.8 Å². The summed E-state index contributed by atoms with van der Waals surface area (Å²) in [7, 11) is 1.63. The lowest BCUT2D eigenvalue weighted by molar-refractivity contribution is -0.121. The van der Waals surface area contributed by atoms with Gasteiger partial charge in [-0.2, -0.15) is 0 Å². The van der Waals surface area contributed by atoms with Crippen LogP contribution in [-0.2, 0) is 4.79 Å². The number of nitrogens with zero attached hydrogens (tertiary/aromatic N) is 2. The van der Waals surface area contributed by atoms with E-state index < -0.39 is 0 Å². The van der Waals surface area contributed by atoms with Crippen LogP contribution in [0.3, 0.4) is 0 Å². The highest BCUT2D eigenvalue weighted by Crippen LogP contribution is 2.30. The van der Waals surface area contributed by atoms with E-state index in [1.165, 1.54) is 0 Å². The van der Waals surface area contributed by atoms with Crippen LogP contribution < -0.4 is 10.1 Å². The Morgan fingerprint density at radius 2 is 1.93 bits per heavy atom. The topological polar surface area (TPSA) is 71.5 Å². The summed E-state index contributed by atoms with van der Waals surface area (Å²) in [6, 6.07) is 15.1. The van der Waals surface area contributed by atoms with Crippen molar-refractivity contribution in [2.24, 2.45) is 5.92 Å². The van der Waals surface area contributed by atoms with E-state index in [1.807, 2.05) is 55.5 Å². The van der Waals surface area contributed by atoms with Crippen molar-refractivity contribution in [2.75, 3.05) is 25.5 Å². The number of aryl methyl sites for hydroxylation is 1. The van der Waals surface area contributed by atoms with Gasteiger partial charge in [-0.15, -0.1) is 0 Å². The molecule has 6 heteroatoms. The van der Waals surface area contributed by atoms with E-state index in [0.29, 0.717) is 24.5 Å². The third-order valence-corrected chi connectivity index (χ3v) is 5.58. The molecule has 1 aliphatic rings. The Kier molecular flexibility index (Phi) is 5.65. The van der Waals surface area contributed by atoms with Crippen LogP contribution in [0.4, 0.5) is 5.82 Å². The second kappa shape index (κ2) is 8.53. The minimum absolute atomic E-state index is 0.0555. The smallest absolute Gasteiger partial charge is 0.254 e. The van der Waals surface area contributed by atoms with Crippen molar-refractivity contribution in [3.8, 4) is 5.75 Å². The van der Waals surface area contributed by atoms with Crippen molar-refractivity contribution in [3.63, 3.8) is 0 Å². The molecule has 1 unspecified atom stereocenters. The molecule has 4 rings (SSSR count). The Hall–Kier alpha value is -3.41. The summed E-state index contributed by atoms with van der Waals surface area (Å²) in [6.45, 7) is 3.00. The second-order valence-electron chi connectivity index (χ2n) is 7.66. The molecule has 0 spiro atoms. The highest BCUT2D eigenvalue weighted by Gasteiger charge is 2.30. The van der Waals surface area contributed by atoms with Gasteiger partial charge in [-0.1, -0.05) is 24.3 Å². The fraction of sp³-hybridized carbons (Fsp3) is 0.292. The molecule has 1 saturated heterocycles. The third-order valence-electron chi connectivity index (χ3n) is 5.58. The molecule has 1 N–H and O–H groups in total. The number of fused-ring (bicyclic) bond motifs is 1. The SMILES string of the molecule is COc1ccc(C(=O)N2CCCC(C(=O)Nc3cc(C)ccn3)C2)c2ccccc12. The average molecular weight is 403 g/mol. The molecule has 1 aromatic heterocycles. The number of hydrogen-bond donors (Lipinski definition) is 1. The lowest BCUT2D eigenvalue weighted by atomic mass is 9.95. The molecule has 0 bridgehead atoms. The molecule has 1 aliphatic heterocycles. The first-order valence-electron chi connectivity index (χ1n) is 10.2. The molecule has 6 nitrogen and oxygen atoms in total. The maximum atomic E-state index is 13.3. The quantitative estimate of drug-likeness (QED) is 0.714. The molecule has 0 saturated carbocycles. The van der Waals surface area contributed by atoms with Gasteiger partial charge in [-0.3, -0.25) is 9.59 Å². The van der Waals surface area contributed by atoms with E-state index in [4.69, 9.17) is 4.74 Å². The zero-order valence-electron chi connectivity index (χ0n) is 17.2. The number of hydrogen-bond acceptors (Lipinski definition) is 4. The van der Waals surface area contributed by atoms with Crippen molar-refractivity contribution >= 4 is 28.4 Å². The predicted octanol–water partition coefficient (Wildman–Crippen LogP) is 4.04. The number of ether oxygens (including phenoxy) is 1. The molecule has 0 aliphatic carbocycles. The summed E-state index contributed by atoms with van der Waals surface area (Å²) in [5, 5.41) is 4.66. The van der Waals surface area contributed by atoms with Gasteiger partial charge >= 0.3 is 0 Å². The van der Waals surface area contributed by atoms with Gasteiger partial charge in [0.1, 0.15) is 11.6 Å². The maximum Gasteiger partial charge on any atom is 0.254 e. The number of likely N-dealkylation sites (tertiary alicyclic amines) is 1.